The summed E-state index contributed by atoms with van der Waals surface area (Å²) in [5.74, 6) is 1.24. The molecule has 0 aliphatic carbocycles. The first-order valence-electron chi connectivity index (χ1n) is 6.26. The van der Waals surface area contributed by atoms with Crippen LogP contribution in [-0.4, -0.2) is 21.7 Å². The molecular weight excluding hydrogens is 228 g/mol. The largest absolute Gasteiger partial charge is 0.339 e. The Labute approximate surface area is 106 Å². The first kappa shape index (κ1) is 12.7. The predicted molar refractivity (Wildman–Crippen MR) is 68.9 cm³/mol. The number of hydrogen-bond acceptors (Lipinski definition) is 5. The molecule has 18 heavy (non-hydrogen) atoms. The fourth-order valence-corrected chi connectivity index (χ4v) is 1.77. The molecule has 0 spiro atoms. The van der Waals surface area contributed by atoms with Gasteiger partial charge in [-0.15, -0.1) is 0 Å². The van der Waals surface area contributed by atoms with Crippen molar-refractivity contribution in [2.45, 2.75) is 32.6 Å². The molecule has 0 saturated heterocycles. The quantitative estimate of drug-likeness (QED) is 0.790. The normalized spacial score (nSPS) is 10.8. The van der Waals surface area contributed by atoms with Crippen molar-refractivity contribution in [2.75, 3.05) is 6.54 Å². The number of rotatable bonds is 6. The summed E-state index contributed by atoms with van der Waals surface area (Å²) in [7, 11) is 0. The van der Waals surface area contributed by atoms with Crippen LogP contribution >= 0.6 is 0 Å². The molecule has 0 fully saturated rings. The van der Waals surface area contributed by atoms with Gasteiger partial charge in [0.1, 0.15) is 5.69 Å². The summed E-state index contributed by atoms with van der Waals surface area (Å²) in [6, 6.07) is 3.88. The van der Waals surface area contributed by atoms with Crippen LogP contribution in [0.1, 0.15) is 30.7 Å². The van der Waals surface area contributed by atoms with E-state index < -0.39 is 0 Å². The molecule has 5 heteroatoms. The molecule has 0 saturated carbocycles. The third-order valence-corrected chi connectivity index (χ3v) is 2.78. The number of nitrogens with two attached hydrogens (primary N) is 1. The number of nitrogens with zero attached hydrogens (tertiary/aromatic N) is 3. The molecule has 0 aliphatic heterocycles. The third kappa shape index (κ3) is 3.13. The Bertz CT molecular complexity index is 495. The highest BCUT2D eigenvalue weighted by Gasteiger charge is 2.11. The number of aryl methyl sites for hydroxylation is 2. The van der Waals surface area contributed by atoms with Crippen LogP contribution in [0.5, 0.6) is 0 Å². The molecule has 2 rings (SSSR count). The average Bonchev–Trinajstić information content (AvgIpc) is 2.84. The highest BCUT2D eigenvalue weighted by Crippen LogP contribution is 2.17. The molecule has 96 valence electrons. The van der Waals surface area contributed by atoms with Gasteiger partial charge in [0.05, 0.1) is 0 Å². The summed E-state index contributed by atoms with van der Waals surface area (Å²) in [6.07, 6.45) is 5.70. The minimum Gasteiger partial charge on any atom is -0.339 e. The van der Waals surface area contributed by atoms with Gasteiger partial charge in [0.25, 0.3) is 0 Å². The van der Waals surface area contributed by atoms with Crippen LogP contribution in [0.2, 0.25) is 0 Å². The second kappa shape index (κ2) is 6.26. The molecule has 2 heterocycles. The summed E-state index contributed by atoms with van der Waals surface area (Å²) < 4.78 is 5.22. The Hall–Kier alpha value is -1.75. The Morgan fingerprint density at radius 3 is 2.94 bits per heavy atom. The molecule has 0 radical (unpaired) electrons. The number of pyridine rings is 1. The Morgan fingerprint density at radius 1 is 1.28 bits per heavy atom. The second-order valence-corrected chi connectivity index (χ2v) is 4.28. The summed E-state index contributed by atoms with van der Waals surface area (Å²) in [6.45, 7) is 2.72. The molecule has 0 bridgehead atoms. The molecule has 5 nitrogen and oxygen atoms in total. The number of hydrogen-bond donors (Lipinski definition) is 1. The van der Waals surface area contributed by atoms with E-state index in [1.54, 1.807) is 6.20 Å². The summed E-state index contributed by atoms with van der Waals surface area (Å²) in [5, 5.41) is 3.97. The SMILES string of the molecule is Cc1cccnc1-c1noc(CCCCCN)n1. The first-order chi connectivity index (χ1) is 8.81. The maximum atomic E-state index is 5.45. The lowest BCUT2D eigenvalue weighted by Crippen LogP contribution is -1.98. The minimum atomic E-state index is 0.571. The molecule has 0 amide bonds. The maximum Gasteiger partial charge on any atom is 0.227 e. The molecular formula is C13H18N4O. The van der Waals surface area contributed by atoms with Crippen LogP contribution in [0, 0.1) is 6.92 Å². The van der Waals surface area contributed by atoms with Crippen LogP contribution in [0.3, 0.4) is 0 Å². The van der Waals surface area contributed by atoms with Crippen LogP contribution < -0.4 is 5.73 Å². The molecule has 2 aromatic heterocycles. The molecule has 2 N–H and O–H groups in total. The Morgan fingerprint density at radius 2 is 2.17 bits per heavy atom. The fourth-order valence-electron chi connectivity index (χ4n) is 1.77. The van der Waals surface area contributed by atoms with Crippen LogP contribution in [0.4, 0.5) is 0 Å². The van der Waals surface area contributed by atoms with Crippen molar-refractivity contribution < 1.29 is 4.52 Å². The van der Waals surface area contributed by atoms with Gasteiger partial charge in [-0.2, -0.15) is 4.98 Å². The van der Waals surface area contributed by atoms with E-state index in [4.69, 9.17) is 10.3 Å². The van der Waals surface area contributed by atoms with Crippen molar-refractivity contribution in [3.63, 3.8) is 0 Å². The summed E-state index contributed by atoms with van der Waals surface area (Å²) >= 11 is 0. The van der Waals surface area contributed by atoms with E-state index in [9.17, 15) is 0 Å². The second-order valence-electron chi connectivity index (χ2n) is 4.28. The monoisotopic (exact) mass is 246 g/mol. The minimum absolute atomic E-state index is 0.571. The Kier molecular flexibility index (Phi) is 4.41. The van der Waals surface area contributed by atoms with E-state index in [0.717, 1.165) is 43.5 Å². The zero-order chi connectivity index (χ0) is 12.8. The van der Waals surface area contributed by atoms with Gasteiger partial charge in [0.15, 0.2) is 0 Å². The van der Waals surface area contributed by atoms with Crippen LogP contribution in [-0.2, 0) is 6.42 Å². The van der Waals surface area contributed by atoms with Gasteiger partial charge in [-0.1, -0.05) is 17.6 Å². The first-order valence-corrected chi connectivity index (χ1v) is 6.26. The van der Waals surface area contributed by atoms with E-state index in [1.165, 1.54) is 0 Å². The zero-order valence-electron chi connectivity index (χ0n) is 10.6. The highest BCUT2D eigenvalue weighted by atomic mass is 16.5. The maximum absolute atomic E-state index is 5.45. The van der Waals surface area contributed by atoms with Gasteiger partial charge >= 0.3 is 0 Å². The highest BCUT2D eigenvalue weighted by molar-refractivity contribution is 5.52. The van der Waals surface area contributed by atoms with E-state index in [1.807, 2.05) is 19.1 Å². The van der Waals surface area contributed by atoms with E-state index in [-0.39, 0.29) is 0 Å². The third-order valence-electron chi connectivity index (χ3n) is 2.78. The van der Waals surface area contributed by atoms with Crippen molar-refractivity contribution >= 4 is 0 Å². The van der Waals surface area contributed by atoms with Gasteiger partial charge in [-0.25, -0.2) is 0 Å². The van der Waals surface area contributed by atoms with E-state index in [2.05, 4.69) is 15.1 Å². The van der Waals surface area contributed by atoms with Crippen LogP contribution in [0.25, 0.3) is 11.5 Å². The van der Waals surface area contributed by atoms with Crippen LogP contribution in [0.15, 0.2) is 22.9 Å². The fraction of sp³-hybridized carbons (Fsp3) is 0.462. The molecule has 0 aromatic carbocycles. The number of aromatic nitrogens is 3. The molecule has 0 aliphatic rings. The van der Waals surface area contributed by atoms with Gasteiger partial charge in [-0.05, 0) is 37.9 Å². The average molecular weight is 246 g/mol. The lowest BCUT2D eigenvalue weighted by Gasteiger charge is -1.97. The van der Waals surface area contributed by atoms with Gasteiger partial charge < -0.3 is 10.3 Å². The van der Waals surface area contributed by atoms with Crippen molar-refractivity contribution in [1.29, 1.82) is 0 Å². The van der Waals surface area contributed by atoms with E-state index >= 15 is 0 Å². The summed E-state index contributed by atoms with van der Waals surface area (Å²) in [4.78, 5) is 8.64. The van der Waals surface area contributed by atoms with Gasteiger partial charge in [0.2, 0.25) is 11.7 Å². The van der Waals surface area contributed by atoms with Crippen molar-refractivity contribution in [3.05, 3.63) is 29.8 Å². The van der Waals surface area contributed by atoms with Gasteiger partial charge in [0, 0.05) is 12.6 Å². The predicted octanol–water partition coefficient (Wildman–Crippen LogP) is 2.11. The lowest BCUT2D eigenvalue weighted by molar-refractivity contribution is 0.374. The smallest absolute Gasteiger partial charge is 0.227 e. The lowest BCUT2D eigenvalue weighted by atomic mass is 10.2. The topological polar surface area (TPSA) is 77.8 Å². The van der Waals surface area contributed by atoms with Crippen molar-refractivity contribution in [3.8, 4) is 11.5 Å². The van der Waals surface area contributed by atoms with Crippen molar-refractivity contribution in [1.82, 2.24) is 15.1 Å². The standard InChI is InChI=1S/C13H18N4O/c1-10-6-5-9-15-12(10)13-16-11(18-17-13)7-3-2-4-8-14/h5-6,9H,2-4,7-8,14H2,1H3. The van der Waals surface area contributed by atoms with Gasteiger partial charge in [-0.3, -0.25) is 4.98 Å². The van der Waals surface area contributed by atoms with E-state index in [0.29, 0.717) is 11.7 Å². The zero-order valence-corrected chi connectivity index (χ0v) is 10.6. The number of unbranched alkanes of at least 4 members (excludes halogenated alkanes) is 2. The Balaban J connectivity index is 2.00. The molecule has 0 atom stereocenters. The molecule has 2 aromatic rings. The van der Waals surface area contributed by atoms with Crippen molar-refractivity contribution in [2.24, 2.45) is 5.73 Å². The molecule has 0 unspecified atom stereocenters. The summed E-state index contributed by atoms with van der Waals surface area (Å²) in [5.41, 5.74) is 7.28.